The number of ether oxygens (including phenoxy) is 2. The molecule has 1 atom stereocenters. The number of ketones is 1. The smallest absolute Gasteiger partial charge is 0.295 e. The number of Topliss-reactive ketones (excluding diaryl/α,β-unsaturated/α-hetero) is 1. The third kappa shape index (κ3) is 4.60. The molecular formula is C24H27FN2O5. The molecule has 2 aromatic rings. The Hall–Kier alpha value is -3.39. The topological polar surface area (TPSA) is 79.3 Å². The first-order valence-corrected chi connectivity index (χ1v) is 10.2. The highest BCUT2D eigenvalue weighted by atomic mass is 19.1. The average Bonchev–Trinajstić information content (AvgIpc) is 3.03. The molecule has 0 saturated carbocycles. The predicted octanol–water partition coefficient (Wildman–Crippen LogP) is 3.22. The van der Waals surface area contributed by atoms with Gasteiger partial charge in [0.05, 0.1) is 25.8 Å². The lowest BCUT2D eigenvalue weighted by atomic mass is 9.95. The Bertz CT molecular complexity index is 1050. The number of rotatable bonds is 8. The van der Waals surface area contributed by atoms with E-state index in [-0.39, 0.29) is 16.9 Å². The van der Waals surface area contributed by atoms with Gasteiger partial charge in [0.2, 0.25) is 0 Å². The molecular weight excluding hydrogens is 415 g/mol. The molecule has 0 spiro atoms. The van der Waals surface area contributed by atoms with Gasteiger partial charge in [-0.3, -0.25) is 9.59 Å². The van der Waals surface area contributed by atoms with Gasteiger partial charge in [-0.15, -0.1) is 0 Å². The lowest BCUT2D eigenvalue weighted by Gasteiger charge is -2.26. The van der Waals surface area contributed by atoms with Crippen molar-refractivity contribution >= 4 is 17.4 Å². The van der Waals surface area contributed by atoms with Crippen LogP contribution in [0.15, 0.2) is 48.0 Å². The highest BCUT2D eigenvalue weighted by molar-refractivity contribution is 6.46. The van der Waals surface area contributed by atoms with Gasteiger partial charge in [0.15, 0.2) is 11.6 Å². The summed E-state index contributed by atoms with van der Waals surface area (Å²) in [4.78, 5) is 29.4. The Morgan fingerprint density at radius 3 is 2.50 bits per heavy atom. The van der Waals surface area contributed by atoms with Gasteiger partial charge in [-0.2, -0.15) is 0 Å². The van der Waals surface area contributed by atoms with Crippen molar-refractivity contribution in [3.8, 4) is 11.5 Å². The molecule has 1 fully saturated rings. The van der Waals surface area contributed by atoms with E-state index in [1.807, 2.05) is 19.0 Å². The summed E-state index contributed by atoms with van der Waals surface area (Å²) in [5.74, 6) is -2.07. The van der Waals surface area contributed by atoms with E-state index in [1.54, 1.807) is 24.3 Å². The average molecular weight is 442 g/mol. The fourth-order valence-electron chi connectivity index (χ4n) is 3.80. The number of nitrogens with zero attached hydrogens (tertiary/aromatic N) is 2. The summed E-state index contributed by atoms with van der Waals surface area (Å²) in [6, 6.07) is 10.0. The van der Waals surface area contributed by atoms with Crippen LogP contribution in [0.5, 0.6) is 11.5 Å². The van der Waals surface area contributed by atoms with Gasteiger partial charge in [-0.1, -0.05) is 12.1 Å². The van der Waals surface area contributed by atoms with Crippen LogP contribution < -0.4 is 9.47 Å². The molecule has 170 valence electrons. The molecule has 8 heteroatoms. The summed E-state index contributed by atoms with van der Waals surface area (Å²) < 4.78 is 24.5. The minimum absolute atomic E-state index is 0.00929. The van der Waals surface area contributed by atoms with Gasteiger partial charge in [-0.25, -0.2) is 4.39 Å². The number of amides is 1. The number of hydrogen-bond acceptors (Lipinski definition) is 6. The number of halogens is 1. The van der Waals surface area contributed by atoms with Gasteiger partial charge in [0.1, 0.15) is 11.5 Å². The van der Waals surface area contributed by atoms with E-state index in [0.29, 0.717) is 24.3 Å². The predicted molar refractivity (Wildman–Crippen MR) is 118 cm³/mol. The summed E-state index contributed by atoms with van der Waals surface area (Å²) in [6.45, 7) is 1.04. The monoisotopic (exact) mass is 442 g/mol. The third-order valence-electron chi connectivity index (χ3n) is 5.38. The van der Waals surface area contributed by atoms with E-state index in [1.165, 1.54) is 31.3 Å². The molecule has 7 nitrogen and oxygen atoms in total. The number of hydrogen-bond donors (Lipinski definition) is 1. The summed E-state index contributed by atoms with van der Waals surface area (Å²) in [6.07, 6.45) is 0.637. The second kappa shape index (κ2) is 9.82. The number of carbonyl (C=O) groups excluding carboxylic acids is 2. The van der Waals surface area contributed by atoms with E-state index in [0.717, 1.165) is 12.6 Å². The molecule has 1 heterocycles. The van der Waals surface area contributed by atoms with Crippen LogP contribution in [0.1, 0.15) is 23.6 Å². The summed E-state index contributed by atoms with van der Waals surface area (Å²) in [5.41, 5.74) is 0.615. The maximum absolute atomic E-state index is 14.3. The summed E-state index contributed by atoms with van der Waals surface area (Å²) in [7, 11) is 6.70. The first kappa shape index (κ1) is 23.3. The quantitative estimate of drug-likeness (QED) is 0.384. The highest BCUT2D eigenvalue weighted by Crippen LogP contribution is 2.40. The molecule has 1 aliphatic rings. The lowest BCUT2D eigenvalue weighted by Crippen LogP contribution is -2.32. The minimum Gasteiger partial charge on any atom is -0.507 e. The first-order valence-electron chi connectivity index (χ1n) is 10.2. The van der Waals surface area contributed by atoms with Gasteiger partial charge in [-0.05, 0) is 63.0 Å². The molecule has 0 aromatic heterocycles. The van der Waals surface area contributed by atoms with Crippen molar-refractivity contribution in [3.63, 3.8) is 0 Å². The van der Waals surface area contributed by atoms with Crippen LogP contribution in [0.25, 0.3) is 5.76 Å². The standard InChI is InChI=1S/C24H27FN2O5/c1-26(2)11-6-12-27-21(15-7-5-8-17(13-15)31-3)20(23(29)24(27)30)22(28)16-9-10-19(32-4)18(25)14-16/h5,7-10,13-14,21,28H,6,11-12H2,1-4H3/b22-20+/t21-/m0/s1. The molecule has 3 rings (SSSR count). The maximum atomic E-state index is 14.3. The van der Waals surface area contributed by atoms with Crippen molar-refractivity contribution < 1.29 is 28.6 Å². The molecule has 0 unspecified atom stereocenters. The normalized spacial score (nSPS) is 17.8. The maximum Gasteiger partial charge on any atom is 0.295 e. The molecule has 2 aromatic carbocycles. The fraction of sp³-hybridized carbons (Fsp3) is 0.333. The highest BCUT2D eigenvalue weighted by Gasteiger charge is 2.46. The van der Waals surface area contributed by atoms with Crippen LogP contribution in [0.2, 0.25) is 0 Å². The van der Waals surface area contributed by atoms with Crippen LogP contribution in [-0.4, -0.2) is 68.0 Å². The SMILES string of the molecule is COc1cccc([C@H]2/C(=C(\O)c3ccc(OC)c(F)c3)C(=O)C(=O)N2CCCN(C)C)c1. The first-order chi connectivity index (χ1) is 15.3. The molecule has 1 aliphatic heterocycles. The molecule has 1 amide bonds. The second-order valence-electron chi connectivity index (χ2n) is 7.78. The third-order valence-corrected chi connectivity index (χ3v) is 5.38. The van der Waals surface area contributed by atoms with Crippen LogP contribution >= 0.6 is 0 Å². The Morgan fingerprint density at radius 1 is 1.12 bits per heavy atom. The fourth-order valence-corrected chi connectivity index (χ4v) is 3.80. The van der Waals surface area contributed by atoms with E-state index < -0.39 is 29.3 Å². The van der Waals surface area contributed by atoms with Crippen molar-refractivity contribution in [2.75, 3.05) is 41.4 Å². The van der Waals surface area contributed by atoms with Crippen molar-refractivity contribution in [2.24, 2.45) is 0 Å². The molecule has 32 heavy (non-hydrogen) atoms. The van der Waals surface area contributed by atoms with Crippen molar-refractivity contribution in [3.05, 3.63) is 65.0 Å². The van der Waals surface area contributed by atoms with Gasteiger partial charge < -0.3 is 24.4 Å². The van der Waals surface area contributed by atoms with Gasteiger partial charge >= 0.3 is 0 Å². The van der Waals surface area contributed by atoms with E-state index in [4.69, 9.17) is 9.47 Å². The Balaban J connectivity index is 2.12. The van der Waals surface area contributed by atoms with Crippen molar-refractivity contribution in [2.45, 2.75) is 12.5 Å². The number of methoxy groups -OCH3 is 2. The number of carbonyl (C=O) groups is 2. The van der Waals surface area contributed by atoms with E-state index in [2.05, 4.69) is 0 Å². The molecule has 0 bridgehead atoms. The van der Waals surface area contributed by atoms with E-state index >= 15 is 0 Å². The number of aliphatic hydroxyl groups excluding tert-OH is 1. The zero-order valence-corrected chi connectivity index (χ0v) is 18.6. The van der Waals surface area contributed by atoms with Crippen LogP contribution in [0.3, 0.4) is 0 Å². The van der Waals surface area contributed by atoms with Gasteiger partial charge in [0.25, 0.3) is 11.7 Å². The molecule has 0 aliphatic carbocycles. The largest absolute Gasteiger partial charge is 0.507 e. The molecule has 1 saturated heterocycles. The van der Waals surface area contributed by atoms with Crippen molar-refractivity contribution in [1.82, 2.24) is 9.80 Å². The summed E-state index contributed by atoms with van der Waals surface area (Å²) >= 11 is 0. The Morgan fingerprint density at radius 2 is 1.88 bits per heavy atom. The number of likely N-dealkylation sites (tertiary alicyclic amines) is 1. The lowest BCUT2D eigenvalue weighted by molar-refractivity contribution is -0.139. The Kier molecular flexibility index (Phi) is 7.15. The van der Waals surface area contributed by atoms with E-state index in [9.17, 15) is 19.1 Å². The van der Waals surface area contributed by atoms with Crippen LogP contribution in [-0.2, 0) is 9.59 Å². The number of benzene rings is 2. The molecule has 0 radical (unpaired) electrons. The second-order valence-corrected chi connectivity index (χ2v) is 7.78. The zero-order valence-electron chi connectivity index (χ0n) is 18.6. The van der Waals surface area contributed by atoms with Crippen LogP contribution in [0.4, 0.5) is 4.39 Å². The molecule has 1 N–H and O–H groups in total. The van der Waals surface area contributed by atoms with Gasteiger partial charge in [0, 0.05) is 12.1 Å². The zero-order chi connectivity index (χ0) is 23.4. The van der Waals surface area contributed by atoms with Crippen molar-refractivity contribution in [1.29, 1.82) is 0 Å². The number of aliphatic hydroxyl groups is 1. The Labute approximate surface area is 186 Å². The minimum atomic E-state index is -0.822. The summed E-state index contributed by atoms with van der Waals surface area (Å²) in [5, 5.41) is 11.0. The van der Waals surface area contributed by atoms with Crippen LogP contribution in [0, 0.1) is 5.82 Å².